The third kappa shape index (κ3) is 2.56. The molecule has 2 aliphatic rings. The van der Waals surface area contributed by atoms with E-state index < -0.39 is 6.04 Å². The van der Waals surface area contributed by atoms with E-state index in [0.717, 1.165) is 22.2 Å². The Morgan fingerprint density at radius 2 is 2.21 bits per heavy atom. The predicted octanol–water partition coefficient (Wildman–Crippen LogP) is 2.14. The van der Waals surface area contributed by atoms with Gasteiger partial charge in [0.2, 0.25) is 11.8 Å². The smallest absolute Gasteiger partial charge is 0.245 e. The quantitative estimate of drug-likeness (QED) is 0.914. The lowest BCUT2D eigenvalue weighted by molar-refractivity contribution is -0.150. The second-order valence-electron chi connectivity index (χ2n) is 5.21. The van der Waals surface area contributed by atoms with Gasteiger partial charge >= 0.3 is 0 Å². The van der Waals surface area contributed by atoms with Gasteiger partial charge in [-0.25, -0.2) is 0 Å². The normalized spacial score (nSPS) is 27.6. The third-order valence-corrected chi connectivity index (χ3v) is 5.32. The van der Waals surface area contributed by atoms with Gasteiger partial charge in [0.15, 0.2) is 0 Å². The highest BCUT2D eigenvalue weighted by atomic mass is 79.9. The first-order valence-corrected chi connectivity index (χ1v) is 8.07. The topological polar surface area (TPSA) is 49.4 Å². The molecule has 102 valence electrons. The molecule has 1 aliphatic heterocycles. The Morgan fingerprint density at radius 3 is 2.79 bits per heavy atom. The molecule has 1 aromatic rings. The molecule has 1 saturated heterocycles. The molecule has 1 aromatic heterocycles. The number of piperazine rings is 1. The van der Waals surface area contributed by atoms with Crippen molar-refractivity contribution in [3.05, 3.63) is 20.8 Å². The Bertz CT molecular complexity index is 526. The fourth-order valence-electron chi connectivity index (χ4n) is 2.55. The summed E-state index contributed by atoms with van der Waals surface area (Å²) in [5, 5.41) is 4.78. The molecule has 6 heteroatoms. The van der Waals surface area contributed by atoms with Crippen LogP contribution >= 0.6 is 27.3 Å². The number of hydrogen-bond acceptors (Lipinski definition) is 3. The van der Waals surface area contributed by atoms with Gasteiger partial charge in [0.05, 0.1) is 6.54 Å². The van der Waals surface area contributed by atoms with Gasteiger partial charge in [-0.2, -0.15) is 0 Å². The Kier molecular flexibility index (Phi) is 3.39. The fraction of sp³-hybridized carbons (Fsp3) is 0.538. The number of carbonyl (C=O) groups excluding carboxylic acids is 2. The zero-order valence-electron chi connectivity index (χ0n) is 10.6. The van der Waals surface area contributed by atoms with E-state index in [1.54, 1.807) is 23.2 Å². The van der Waals surface area contributed by atoms with E-state index in [1.165, 1.54) is 0 Å². The molecule has 19 heavy (non-hydrogen) atoms. The van der Waals surface area contributed by atoms with E-state index in [9.17, 15) is 9.59 Å². The number of thiophene rings is 1. The van der Waals surface area contributed by atoms with Crippen molar-refractivity contribution >= 4 is 39.1 Å². The highest BCUT2D eigenvalue weighted by molar-refractivity contribution is 9.10. The SMILES string of the molecule is CC1NC(=O)C(C2CC2)N(Cc2cc(Br)cs2)C1=O. The Labute approximate surface area is 124 Å². The second kappa shape index (κ2) is 4.90. The fourth-order valence-corrected chi connectivity index (χ4v) is 4.00. The van der Waals surface area contributed by atoms with Crippen LogP contribution in [0, 0.1) is 5.92 Å². The lowest BCUT2D eigenvalue weighted by Crippen LogP contribution is -2.62. The van der Waals surface area contributed by atoms with Crippen molar-refractivity contribution in [3.63, 3.8) is 0 Å². The molecule has 0 aromatic carbocycles. The van der Waals surface area contributed by atoms with Gasteiger partial charge in [-0.15, -0.1) is 11.3 Å². The molecular weight excluding hydrogens is 328 g/mol. The molecular formula is C13H15BrN2O2S. The van der Waals surface area contributed by atoms with Crippen molar-refractivity contribution in [1.29, 1.82) is 0 Å². The Morgan fingerprint density at radius 1 is 1.47 bits per heavy atom. The number of carbonyl (C=O) groups is 2. The van der Waals surface area contributed by atoms with E-state index in [-0.39, 0.29) is 17.9 Å². The summed E-state index contributed by atoms with van der Waals surface area (Å²) in [6, 6.07) is 1.33. The molecule has 0 radical (unpaired) electrons. The van der Waals surface area contributed by atoms with Crippen molar-refractivity contribution in [1.82, 2.24) is 10.2 Å². The van der Waals surface area contributed by atoms with Crippen LogP contribution in [0.3, 0.4) is 0 Å². The average Bonchev–Trinajstić information content (AvgIpc) is 3.09. The molecule has 1 aliphatic carbocycles. The van der Waals surface area contributed by atoms with Crippen molar-refractivity contribution in [2.24, 2.45) is 5.92 Å². The summed E-state index contributed by atoms with van der Waals surface area (Å²) >= 11 is 5.03. The van der Waals surface area contributed by atoms with Gasteiger partial charge < -0.3 is 10.2 Å². The minimum absolute atomic E-state index is 0.00484. The lowest BCUT2D eigenvalue weighted by Gasteiger charge is -2.38. The first kappa shape index (κ1) is 13.1. The first-order chi connectivity index (χ1) is 9.06. The summed E-state index contributed by atoms with van der Waals surface area (Å²) in [5.74, 6) is 0.381. The molecule has 2 unspecified atom stereocenters. The van der Waals surface area contributed by atoms with Gasteiger partial charge in [-0.3, -0.25) is 9.59 Å². The van der Waals surface area contributed by atoms with Gasteiger partial charge in [0.1, 0.15) is 12.1 Å². The second-order valence-corrected chi connectivity index (χ2v) is 7.12. The van der Waals surface area contributed by atoms with Crippen LogP contribution in [-0.4, -0.2) is 28.8 Å². The van der Waals surface area contributed by atoms with Crippen LogP contribution in [0.4, 0.5) is 0 Å². The van der Waals surface area contributed by atoms with Crippen LogP contribution in [0.25, 0.3) is 0 Å². The number of amides is 2. The van der Waals surface area contributed by atoms with Crippen LogP contribution in [-0.2, 0) is 16.1 Å². The molecule has 4 nitrogen and oxygen atoms in total. The summed E-state index contributed by atoms with van der Waals surface area (Å²) in [5.41, 5.74) is 0. The van der Waals surface area contributed by atoms with E-state index in [0.29, 0.717) is 12.5 Å². The van der Waals surface area contributed by atoms with E-state index in [2.05, 4.69) is 21.2 Å². The molecule has 2 atom stereocenters. The van der Waals surface area contributed by atoms with Crippen LogP contribution in [0.5, 0.6) is 0 Å². The maximum atomic E-state index is 12.3. The van der Waals surface area contributed by atoms with Crippen LogP contribution in [0.15, 0.2) is 15.9 Å². The van der Waals surface area contributed by atoms with E-state index in [4.69, 9.17) is 0 Å². The van der Waals surface area contributed by atoms with Crippen LogP contribution in [0.2, 0.25) is 0 Å². The maximum Gasteiger partial charge on any atom is 0.245 e. The summed E-state index contributed by atoms with van der Waals surface area (Å²) in [7, 11) is 0. The zero-order valence-corrected chi connectivity index (χ0v) is 13.0. The summed E-state index contributed by atoms with van der Waals surface area (Å²) in [6.45, 7) is 2.29. The van der Waals surface area contributed by atoms with Gasteiger partial charge in [0, 0.05) is 14.7 Å². The highest BCUT2D eigenvalue weighted by Gasteiger charge is 2.46. The third-order valence-electron chi connectivity index (χ3n) is 3.63. The molecule has 1 saturated carbocycles. The maximum absolute atomic E-state index is 12.3. The average molecular weight is 343 g/mol. The minimum atomic E-state index is -0.411. The number of rotatable bonds is 3. The molecule has 2 fully saturated rings. The van der Waals surface area contributed by atoms with Crippen molar-refractivity contribution in [3.8, 4) is 0 Å². The van der Waals surface area contributed by atoms with Crippen molar-refractivity contribution in [2.45, 2.75) is 38.4 Å². The van der Waals surface area contributed by atoms with Crippen molar-refractivity contribution in [2.75, 3.05) is 0 Å². The van der Waals surface area contributed by atoms with Crippen LogP contribution in [0.1, 0.15) is 24.6 Å². The Hall–Kier alpha value is -0.880. The summed E-state index contributed by atoms with van der Waals surface area (Å²) < 4.78 is 1.03. The molecule has 0 spiro atoms. The van der Waals surface area contributed by atoms with E-state index in [1.807, 2.05) is 11.4 Å². The monoisotopic (exact) mass is 342 g/mol. The zero-order chi connectivity index (χ0) is 13.6. The largest absolute Gasteiger partial charge is 0.343 e. The molecule has 2 amide bonds. The van der Waals surface area contributed by atoms with Crippen molar-refractivity contribution < 1.29 is 9.59 Å². The highest BCUT2D eigenvalue weighted by Crippen LogP contribution is 2.38. The predicted molar refractivity (Wildman–Crippen MR) is 76.7 cm³/mol. The molecule has 1 N–H and O–H groups in total. The lowest BCUT2D eigenvalue weighted by atomic mass is 10.0. The van der Waals surface area contributed by atoms with Crippen LogP contribution < -0.4 is 5.32 Å². The summed E-state index contributed by atoms with van der Waals surface area (Å²) in [6.07, 6.45) is 2.09. The standard InChI is InChI=1S/C13H15BrN2O2S/c1-7-13(18)16(5-10-4-9(14)6-19-10)11(8-2-3-8)12(17)15-7/h4,6-8,11H,2-3,5H2,1H3,(H,15,17). The number of hydrogen-bond donors (Lipinski definition) is 1. The minimum Gasteiger partial charge on any atom is -0.343 e. The molecule has 0 bridgehead atoms. The Balaban J connectivity index is 1.84. The van der Waals surface area contributed by atoms with E-state index >= 15 is 0 Å². The number of halogens is 1. The van der Waals surface area contributed by atoms with Gasteiger partial charge in [-0.1, -0.05) is 0 Å². The van der Waals surface area contributed by atoms with Gasteiger partial charge in [-0.05, 0) is 47.7 Å². The number of nitrogens with zero attached hydrogens (tertiary/aromatic N) is 1. The summed E-state index contributed by atoms with van der Waals surface area (Å²) in [4.78, 5) is 27.3. The first-order valence-electron chi connectivity index (χ1n) is 6.40. The molecule has 2 heterocycles. The molecule has 3 rings (SSSR count). The number of nitrogens with one attached hydrogen (secondary N) is 1. The van der Waals surface area contributed by atoms with Gasteiger partial charge in [0.25, 0.3) is 0 Å².